The molecule has 1 fully saturated rings. The number of nitrogens with zero attached hydrogens (tertiary/aromatic N) is 1. The Labute approximate surface area is 231 Å². The second kappa shape index (κ2) is 12.6. The molecule has 0 atom stereocenters. The first-order chi connectivity index (χ1) is 19.1. The van der Waals surface area contributed by atoms with Crippen LogP contribution in [0.5, 0.6) is 5.75 Å². The van der Waals surface area contributed by atoms with Gasteiger partial charge in [-0.3, -0.25) is 14.5 Å². The maximum Gasteiger partial charge on any atom is 0.228 e. The standard InChI is InChI=1S/C33H39NO5/c1-37-32-30(35)28-14-8-23(9-15-29(28)31(36)33(32)38-2)18-21-39-27-12-10-25(11-13-27)26-16-19-34(20-17-26)22-24-6-4-3-5-7-24/h3-7,10-13,23,26H,8-9,14-22H2,1-2H3. The highest BCUT2D eigenvalue weighted by Gasteiger charge is 2.37. The zero-order valence-corrected chi connectivity index (χ0v) is 23.1. The van der Waals surface area contributed by atoms with Crippen LogP contribution in [0.1, 0.15) is 62.0 Å². The van der Waals surface area contributed by atoms with Crippen molar-refractivity contribution in [1.82, 2.24) is 4.90 Å². The van der Waals surface area contributed by atoms with E-state index in [9.17, 15) is 9.59 Å². The monoisotopic (exact) mass is 529 g/mol. The minimum absolute atomic E-state index is 0.0317. The number of carbonyl (C=O) groups is 2. The molecule has 206 valence electrons. The third kappa shape index (κ3) is 6.27. The lowest BCUT2D eigenvalue weighted by Gasteiger charge is -2.32. The average Bonchev–Trinajstić information content (AvgIpc) is 3.19. The molecule has 1 aliphatic heterocycles. The first-order valence-electron chi connectivity index (χ1n) is 14.2. The van der Waals surface area contributed by atoms with Crippen molar-refractivity contribution >= 4 is 11.6 Å². The van der Waals surface area contributed by atoms with Crippen LogP contribution < -0.4 is 4.74 Å². The highest BCUT2D eigenvalue weighted by Crippen LogP contribution is 2.37. The van der Waals surface area contributed by atoms with Crippen molar-refractivity contribution in [3.63, 3.8) is 0 Å². The Hall–Kier alpha value is -3.38. The Kier molecular flexibility index (Phi) is 8.82. The van der Waals surface area contributed by atoms with Gasteiger partial charge in [0, 0.05) is 17.7 Å². The summed E-state index contributed by atoms with van der Waals surface area (Å²) in [6.45, 7) is 3.92. The number of rotatable bonds is 9. The molecule has 0 aromatic heterocycles. The van der Waals surface area contributed by atoms with Crippen LogP contribution in [-0.4, -0.2) is 50.4 Å². The highest BCUT2D eigenvalue weighted by molar-refractivity contribution is 6.23. The van der Waals surface area contributed by atoms with E-state index < -0.39 is 0 Å². The quantitative estimate of drug-likeness (QED) is 0.373. The number of likely N-dealkylation sites (tertiary alicyclic amines) is 1. The Morgan fingerprint density at radius 3 is 1.92 bits per heavy atom. The number of ether oxygens (including phenoxy) is 3. The van der Waals surface area contributed by atoms with Crippen LogP contribution in [-0.2, 0) is 25.6 Å². The lowest BCUT2D eigenvalue weighted by Crippen LogP contribution is -2.32. The fourth-order valence-corrected chi connectivity index (χ4v) is 6.23. The van der Waals surface area contributed by atoms with Crippen molar-refractivity contribution in [1.29, 1.82) is 0 Å². The molecular formula is C33H39NO5. The largest absolute Gasteiger partial charge is 0.494 e. The Balaban J connectivity index is 1.06. The second-order valence-electron chi connectivity index (χ2n) is 10.9. The lowest BCUT2D eigenvalue weighted by atomic mass is 9.89. The summed E-state index contributed by atoms with van der Waals surface area (Å²) in [4.78, 5) is 28.3. The molecule has 2 aromatic rings. The van der Waals surface area contributed by atoms with Crippen LogP contribution in [0, 0.1) is 5.92 Å². The van der Waals surface area contributed by atoms with E-state index in [1.54, 1.807) is 0 Å². The number of piperidine rings is 1. The topological polar surface area (TPSA) is 65.1 Å². The number of hydrogen-bond acceptors (Lipinski definition) is 6. The molecule has 6 nitrogen and oxygen atoms in total. The van der Waals surface area contributed by atoms with Gasteiger partial charge in [-0.25, -0.2) is 0 Å². The van der Waals surface area contributed by atoms with Gasteiger partial charge in [0.05, 0.1) is 20.8 Å². The molecule has 6 heteroatoms. The van der Waals surface area contributed by atoms with Gasteiger partial charge in [-0.15, -0.1) is 0 Å². The molecule has 0 spiro atoms. The van der Waals surface area contributed by atoms with Crippen LogP contribution in [0.15, 0.2) is 77.3 Å². The number of methoxy groups -OCH3 is 2. The first kappa shape index (κ1) is 27.2. The first-order valence-corrected chi connectivity index (χ1v) is 14.2. The summed E-state index contributed by atoms with van der Waals surface area (Å²) in [5.74, 6) is 1.55. The van der Waals surface area contributed by atoms with Crippen LogP contribution >= 0.6 is 0 Å². The Morgan fingerprint density at radius 2 is 1.36 bits per heavy atom. The summed E-state index contributed by atoms with van der Waals surface area (Å²) in [6.07, 6.45) is 6.17. The van der Waals surface area contributed by atoms with Gasteiger partial charge in [0.1, 0.15) is 5.75 Å². The maximum absolute atomic E-state index is 12.9. The van der Waals surface area contributed by atoms with E-state index in [1.807, 2.05) is 0 Å². The van der Waals surface area contributed by atoms with Crippen molar-refractivity contribution in [2.75, 3.05) is 33.9 Å². The SMILES string of the molecule is COC1=C(OC)C(=O)C2=C(CCC(CCOc3ccc(C4CCN(Cc5ccccc5)CC4)cc3)CC2)C1=O. The fraction of sp³-hybridized carbons (Fsp3) is 0.455. The summed E-state index contributed by atoms with van der Waals surface area (Å²) < 4.78 is 16.5. The number of carbonyl (C=O) groups excluding carboxylic acids is 2. The molecule has 0 saturated carbocycles. The maximum atomic E-state index is 12.9. The fourth-order valence-electron chi connectivity index (χ4n) is 6.23. The van der Waals surface area contributed by atoms with Crippen LogP contribution in [0.2, 0.25) is 0 Å². The summed E-state index contributed by atoms with van der Waals surface area (Å²) in [6, 6.07) is 19.4. The lowest BCUT2D eigenvalue weighted by molar-refractivity contribution is -0.121. The highest BCUT2D eigenvalue weighted by atomic mass is 16.5. The normalized spacial score (nSPS) is 19.6. The van der Waals surface area contributed by atoms with Crippen LogP contribution in [0.4, 0.5) is 0 Å². The van der Waals surface area contributed by atoms with Crippen LogP contribution in [0.3, 0.4) is 0 Å². The van der Waals surface area contributed by atoms with Gasteiger partial charge in [0.25, 0.3) is 0 Å². The van der Waals surface area contributed by atoms with Gasteiger partial charge in [0.15, 0.2) is 0 Å². The Morgan fingerprint density at radius 1 is 0.769 bits per heavy atom. The molecule has 0 amide bonds. The number of allylic oxidation sites excluding steroid dienone is 2. The summed E-state index contributed by atoms with van der Waals surface area (Å²) in [7, 11) is 2.81. The van der Waals surface area contributed by atoms with Gasteiger partial charge >= 0.3 is 0 Å². The van der Waals surface area contributed by atoms with Gasteiger partial charge in [-0.05, 0) is 93.1 Å². The van der Waals surface area contributed by atoms with E-state index in [0.29, 0.717) is 42.4 Å². The van der Waals surface area contributed by atoms with E-state index in [0.717, 1.165) is 44.6 Å². The molecule has 3 aliphatic rings. The molecule has 2 aliphatic carbocycles. The van der Waals surface area contributed by atoms with E-state index in [4.69, 9.17) is 14.2 Å². The number of hydrogen-bond donors (Lipinski definition) is 0. The summed E-state index contributed by atoms with van der Waals surface area (Å²) >= 11 is 0. The van der Waals surface area contributed by atoms with E-state index >= 15 is 0 Å². The predicted octanol–water partition coefficient (Wildman–Crippen LogP) is 5.98. The van der Waals surface area contributed by atoms with Crippen molar-refractivity contribution in [2.45, 2.75) is 57.4 Å². The zero-order valence-electron chi connectivity index (χ0n) is 23.1. The van der Waals surface area contributed by atoms with E-state index in [1.165, 1.54) is 38.2 Å². The van der Waals surface area contributed by atoms with Gasteiger partial charge in [-0.2, -0.15) is 0 Å². The van der Waals surface area contributed by atoms with Crippen LogP contribution in [0.25, 0.3) is 0 Å². The molecule has 39 heavy (non-hydrogen) atoms. The number of Topliss-reactive ketones (excluding diaryl/α,β-unsaturated/α-hetero) is 2. The molecule has 1 heterocycles. The zero-order chi connectivity index (χ0) is 27.2. The van der Waals surface area contributed by atoms with Gasteiger partial charge in [-0.1, -0.05) is 42.5 Å². The third-order valence-corrected chi connectivity index (χ3v) is 8.53. The summed E-state index contributed by atoms with van der Waals surface area (Å²) in [5, 5.41) is 0. The molecular weight excluding hydrogens is 490 g/mol. The van der Waals surface area contributed by atoms with Gasteiger partial charge < -0.3 is 14.2 Å². The Bertz CT molecular complexity index is 1180. The second-order valence-corrected chi connectivity index (χ2v) is 10.9. The number of benzene rings is 2. The molecule has 0 bridgehead atoms. The molecule has 1 saturated heterocycles. The molecule has 0 radical (unpaired) electrons. The minimum atomic E-state index is -0.206. The van der Waals surface area contributed by atoms with E-state index in [-0.39, 0.29) is 23.1 Å². The third-order valence-electron chi connectivity index (χ3n) is 8.53. The smallest absolute Gasteiger partial charge is 0.228 e. The van der Waals surface area contributed by atoms with E-state index in [2.05, 4.69) is 59.5 Å². The van der Waals surface area contributed by atoms with Crippen molar-refractivity contribution in [3.05, 3.63) is 88.4 Å². The molecule has 0 unspecified atom stereocenters. The van der Waals surface area contributed by atoms with Gasteiger partial charge in [0.2, 0.25) is 23.1 Å². The van der Waals surface area contributed by atoms with Crippen molar-refractivity contribution in [2.24, 2.45) is 5.92 Å². The number of ketones is 2. The predicted molar refractivity (Wildman–Crippen MR) is 150 cm³/mol. The van der Waals surface area contributed by atoms with Crippen molar-refractivity contribution in [3.8, 4) is 5.75 Å². The summed E-state index contributed by atoms with van der Waals surface area (Å²) in [5.41, 5.74) is 3.98. The van der Waals surface area contributed by atoms with Crippen molar-refractivity contribution < 1.29 is 23.8 Å². The minimum Gasteiger partial charge on any atom is -0.494 e. The average molecular weight is 530 g/mol. The molecule has 5 rings (SSSR count). The molecule has 0 N–H and O–H groups in total. The molecule has 2 aromatic carbocycles.